The summed E-state index contributed by atoms with van der Waals surface area (Å²) < 4.78 is 0. The van der Waals surface area contributed by atoms with Gasteiger partial charge in [-0.15, -0.1) is 16.4 Å². The highest BCUT2D eigenvalue weighted by Crippen LogP contribution is 2.27. The Kier molecular flexibility index (Phi) is 2.05. The standard InChI is InChI=1S/C8H7N3O2S/c1-4-2-3-5(14-4)6-7(8(12)13)10-11-9-6/h2-3H,1H3,(H,12,13)(H,9,10,11). The highest BCUT2D eigenvalue weighted by molar-refractivity contribution is 7.15. The number of aryl methyl sites for hydroxylation is 1. The fraction of sp³-hybridized carbons (Fsp3) is 0.125. The number of nitrogens with one attached hydrogen (secondary N) is 1. The number of hydrogen-bond acceptors (Lipinski definition) is 4. The maximum Gasteiger partial charge on any atom is 0.358 e. The summed E-state index contributed by atoms with van der Waals surface area (Å²) in [5.74, 6) is -1.07. The summed E-state index contributed by atoms with van der Waals surface area (Å²) >= 11 is 1.49. The summed E-state index contributed by atoms with van der Waals surface area (Å²) in [5.41, 5.74) is 0.363. The third-order valence-electron chi connectivity index (χ3n) is 1.72. The van der Waals surface area contributed by atoms with E-state index in [1.54, 1.807) is 0 Å². The second kappa shape index (κ2) is 3.22. The monoisotopic (exact) mass is 209 g/mol. The SMILES string of the molecule is Cc1ccc(-c2n[nH]nc2C(=O)O)s1. The van der Waals surface area contributed by atoms with Crippen molar-refractivity contribution >= 4 is 17.3 Å². The van der Waals surface area contributed by atoms with Gasteiger partial charge in [-0.1, -0.05) is 0 Å². The van der Waals surface area contributed by atoms with Crippen LogP contribution in [0.4, 0.5) is 0 Å². The largest absolute Gasteiger partial charge is 0.476 e. The molecule has 2 aromatic rings. The van der Waals surface area contributed by atoms with Gasteiger partial charge in [-0.2, -0.15) is 10.3 Å². The van der Waals surface area contributed by atoms with E-state index in [1.165, 1.54) is 11.3 Å². The number of aromatic nitrogens is 3. The van der Waals surface area contributed by atoms with Crippen LogP contribution in [0.1, 0.15) is 15.4 Å². The molecule has 0 aromatic carbocycles. The Labute approximate surface area is 83.4 Å². The molecule has 0 spiro atoms. The van der Waals surface area contributed by atoms with Crippen LogP contribution in [0.2, 0.25) is 0 Å². The third-order valence-corrected chi connectivity index (χ3v) is 2.73. The normalized spacial score (nSPS) is 10.4. The van der Waals surface area contributed by atoms with Crippen LogP contribution in [-0.2, 0) is 0 Å². The molecule has 72 valence electrons. The van der Waals surface area contributed by atoms with E-state index < -0.39 is 5.97 Å². The van der Waals surface area contributed by atoms with E-state index in [4.69, 9.17) is 5.11 Å². The minimum Gasteiger partial charge on any atom is -0.476 e. The molecule has 0 unspecified atom stereocenters. The number of carbonyl (C=O) groups is 1. The first-order valence-corrected chi connectivity index (χ1v) is 4.71. The van der Waals surface area contributed by atoms with E-state index in [2.05, 4.69) is 15.4 Å². The molecule has 14 heavy (non-hydrogen) atoms. The van der Waals surface area contributed by atoms with Gasteiger partial charge in [0.05, 0.1) is 4.88 Å². The fourth-order valence-electron chi connectivity index (χ4n) is 1.11. The Balaban J connectivity index is 2.51. The van der Waals surface area contributed by atoms with Crippen LogP contribution in [0.3, 0.4) is 0 Å². The lowest BCUT2D eigenvalue weighted by Crippen LogP contribution is -1.98. The molecule has 0 aliphatic carbocycles. The molecule has 0 atom stereocenters. The molecule has 0 fully saturated rings. The second-order valence-corrected chi connectivity index (χ2v) is 4.02. The number of thiophene rings is 1. The Bertz CT molecular complexity index is 474. The summed E-state index contributed by atoms with van der Waals surface area (Å²) in [6.45, 7) is 1.95. The van der Waals surface area contributed by atoms with Crippen molar-refractivity contribution in [1.82, 2.24) is 15.4 Å². The van der Waals surface area contributed by atoms with Crippen molar-refractivity contribution in [1.29, 1.82) is 0 Å². The zero-order valence-electron chi connectivity index (χ0n) is 7.31. The Hall–Kier alpha value is -1.69. The predicted molar refractivity (Wildman–Crippen MR) is 51.4 cm³/mol. The smallest absolute Gasteiger partial charge is 0.358 e. The van der Waals surface area contributed by atoms with Crippen LogP contribution >= 0.6 is 11.3 Å². The molecule has 0 bridgehead atoms. The molecule has 2 rings (SSSR count). The van der Waals surface area contributed by atoms with Crippen molar-refractivity contribution in [3.63, 3.8) is 0 Å². The first kappa shape index (κ1) is 8.89. The Morgan fingerprint density at radius 3 is 2.86 bits per heavy atom. The van der Waals surface area contributed by atoms with Crippen LogP contribution in [0.15, 0.2) is 12.1 Å². The zero-order valence-corrected chi connectivity index (χ0v) is 8.13. The summed E-state index contributed by atoms with van der Waals surface area (Å²) in [6, 6.07) is 3.75. The summed E-state index contributed by atoms with van der Waals surface area (Å²) in [4.78, 5) is 12.7. The molecule has 5 nitrogen and oxygen atoms in total. The Morgan fingerprint density at radius 2 is 2.29 bits per heavy atom. The maximum absolute atomic E-state index is 10.7. The number of aromatic carboxylic acids is 1. The van der Waals surface area contributed by atoms with E-state index in [0.29, 0.717) is 5.69 Å². The first-order valence-electron chi connectivity index (χ1n) is 3.89. The second-order valence-electron chi connectivity index (χ2n) is 2.74. The van der Waals surface area contributed by atoms with Gasteiger partial charge in [0.15, 0.2) is 5.69 Å². The van der Waals surface area contributed by atoms with E-state index in [0.717, 1.165) is 9.75 Å². The predicted octanol–water partition coefficient (Wildman–Crippen LogP) is 1.54. The van der Waals surface area contributed by atoms with Gasteiger partial charge in [0.25, 0.3) is 0 Å². The zero-order chi connectivity index (χ0) is 10.1. The van der Waals surface area contributed by atoms with Crippen molar-refractivity contribution in [2.75, 3.05) is 0 Å². The number of hydrogen-bond donors (Lipinski definition) is 2. The van der Waals surface area contributed by atoms with E-state index in [1.807, 2.05) is 19.1 Å². The maximum atomic E-state index is 10.7. The highest BCUT2D eigenvalue weighted by Gasteiger charge is 2.17. The highest BCUT2D eigenvalue weighted by atomic mass is 32.1. The number of H-pyrrole nitrogens is 1. The van der Waals surface area contributed by atoms with Crippen LogP contribution in [0.5, 0.6) is 0 Å². The molecule has 0 radical (unpaired) electrons. The fourth-order valence-corrected chi connectivity index (χ4v) is 1.97. The van der Waals surface area contributed by atoms with Crippen LogP contribution in [-0.4, -0.2) is 26.5 Å². The van der Waals surface area contributed by atoms with E-state index >= 15 is 0 Å². The molecule has 2 heterocycles. The van der Waals surface area contributed by atoms with Gasteiger partial charge in [0.1, 0.15) is 5.69 Å². The van der Waals surface area contributed by atoms with Gasteiger partial charge in [0, 0.05) is 4.88 Å². The molecule has 6 heteroatoms. The average molecular weight is 209 g/mol. The number of nitrogens with zero attached hydrogens (tertiary/aromatic N) is 2. The number of rotatable bonds is 2. The van der Waals surface area contributed by atoms with E-state index in [-0.39, 0.29) is 5.69 Å². The molecule has 2 N–H and O–H groups in total. The van der Waals surface area contributed by atoms with Crippen molar-refractivity contribution in [3.8, 4) is 10.6 Å². The van der Waals surface area contributed by atoms with Crippen molar-refractivity contribution in [3.05, 3.63) is 22.7 Å². The first-order chi connectivity index (χ1) is 6.68. The van der Waals surface area contributed by atoms with Crippen molar-refractivity contribution < 1.29 is 9.90 Å². The third kappa shape index (κ3) is 1.39. The topological polar surface area (TPSA) is 78.9 Å². The van der Waals surface area contributed by atoms with E-state index in [9.17, 15) is 4.79 Å². The number of carboxylic acid groups (broad SMARTS) is 1. The number of aromatic amines is 1. The van der Waals surface area contributed by atoms with Crippen LogP contribution in [0.25, 0.3) is 10.6 Å². The molecule has 0 aliphatic rings. The van der Waals surface area contributed by atoms with Gasteiger partial charge in [-0.05, 0) is 19.1 Å². The summed E-state index contributed by atoms with van der Waals surface area (Å²) in [7, 11) is 0. The van der Waals surface area contributed by atoms with Crippen LogP contribution < -0.4 is 0 Å². The van der Waals surface area contributed by atoms with Gasteiger partial charge in [-0.25, -0.2) is 4.79 Å². The van der Waals surface area contributed by atoms with Gasteiger partial charge in [-0.3, -0.25) is 0 Å². The van der Waals surface area contributed by atoms with Gasteiger partial charge < -0.3 is 5.11 Å². The lowest BCUT2D eigenvalue weighted by atomic mass is 10.3. The van der Waals surface area contributed by atoms with Crippen molar-refractivity contribution in [2.24, 2.45) is 0 Å². The lowest BCUT2D eigenvalue weighted by Gasteiger charge is -1.90. The van der Waals surface area contributed by atoms with Crippen LogP contribution in [0, 0.1) is 6.92 Å². The minimum absolute atomic E-state index is 0.0353. The molecular weight excluding hydrogens is 202 g/mol. The summed E-state index contributed by atoms with van der Waals surface area (Å²) in [6.07, 6.45) is 0. The van der Waals surface area contributed by atoms with Gasteiger partial charge in [0.2, 0.25) is 0 Å². The van der Waals surface area contributed by atoms with Crippen molar-refractivity contribution in [2.45, 2.75) is 6.92 Å². The molecule has 0 aliphatic heterocycles. The molecular formula is C8H7N3O2S. The average Bonchev–Trinajstić information content (AvgIpc) is 2.70. The molecule has 0 amide bonds. The quantitative estimate of drug-likeness (QED) is 0.786. The molecule has 0 saturated carbocycles. The lowest BCUT2D eigenvalue weighted by molar-refractivity contribution is 0.0691. The molecule has 2 aromatic heterocycles. The number of carboxylic acids is 1. The van der Waals surface area contributed by atoms with Gasteiger partial charge >= 0.3 is 5.97 Å². The summed E-state index contributed by atoms with van der Waals surface area (Å²) in [5, 5.41) is 18.5. The Morgan fingerprint density at radius 1 is 1.50 bits per heavy atom. The molecule has 0 saturated heterocycles. The minimum atomic E-state index is -1.07.